The third-order valence-electron chi connectivity index (χ3n) is 7.32. The molecule has 0 aromatic heterocycles. The number of amides is 1. The summed E-state index contributed by atoms with van der Waals surface area (Å²) < 4.78 is 0. The molecule has 0 saturated carbocycles. The average Bonchev–Trinajstić information content (AvgIpc) is 3.48. The summed E-state index contributed by atoms with van der Waals surface area (Å²) in [5, 5.41) is 4.12. The van der Waals surface area contributed by atoms with Crippen LogP contribution in [0.25, 0.3) is 0 Å². The number of rotatable bonds is 11. The summed E-state index contributed by atoms with van der Waals surface area (Å²) in [6.07, 6.45) is 6.76. The number of hydrogen-bond acceptors (Lipinski definition) is 5. The van der Waals surface area contributed by atoms with Crippen molar-refractivity contribution in [3.05, 3.63) is 96.1 Å². The molecule has 0 radical (unpaired) electrons. The Balaban J connectivity index is 1.28. The number of anilines is 1. The fraction of sp³-hybridized carbons (Fsp3) is 0.375. The Morgan fingerprint density at radius 3 is 2.37 bits per heavy atom. The molecule has 1 saturated heterocycles. The second-order valence-electron chi connectivity index (χ2n) is 10.1. The zero-order chi connectivity index (χ0) is 26.0. The first kappa shape index (κ1) is 26.5. The van der Waals surface area contributed by atoms with Crippen LogP contribution in [0.3, 0.4) is 0 Å². The van der Waals surface area contributed by atoms with Gasteiger partial charge in [0.05, 0.1) is 18.2 Å². The predicted molar refractivity (Wildman–Crippen MR) is 160 cm³/mol. The van der Waals surface area contributed by atoms with Gasteiger partial charge in [-0.05, 0) is 69.1 Å². The molecule has 1 unspecified atom stereocenters. The predicted octanol–water partition coefficient (Wildman–Crippen LogP) is 6.94. The number of hydrogen-bond donors (Lipinski definition) is 1. The van der Waals surface area contributed by atoms with Gasteiger partial charge in [0.1, 0.15) is 0 Å². The molecule has 3 aromatic rings. The van der Waals surface area contributed by atoms with E-state index in [1.54, 1.807) is 0 Å². The highest BCUT2D eigenvalue weighted by Crippen LogP contribution is 2.41. The molecule has 6 heteroatoms. The fourth-order valence-corrected chi connectivity index (χ4v) is 6.38. The number of carbonyl (C=O) groups is 1. The largest absolute Gasteiger partial charge is 0.352 e. The molecule has 3 aromatic carbocycles. The van der Waals surface area contributed by atoms with E-state index in [4.69, 9.17) is 4.99 Å². The molecule has 0 spiro atoms. The maximum atomic E-state index is 13.2. The zero-order valence-electron chi connectivity index (χ0n) is 22.1. The monoisotopic (exact) mass is 526 g/mol. The van der Waals surface area contributed by atoms with Gasteiger partial charge in [-0.1, -0.05) is 84.9 Å². The van der Waals surface area contributed by atoms with Crippen molar-refractivity contribution in [2.45, 2.75) is 51.1 Å². The normalized spacial score (nSPS) is 17.2. The number of unbranched alkanes of at least 4 members (excludes halogenated alkanes) is 2. The first-order valence-corrected chi connectivity index (χ1v) is 14.9. The highest BCUT2D eigenvalue weighted by atomic mass is 32.2. The maximum absolute atomic E-state index is 13.2. The summed E-state index contributed by atoms with van der Waals surface area (Å²) in [4.78, 5) is 23.2. The van der Waals surface area contributed by atoms with E-state index < -0.39 is 0 Å². The highest BCUT2D eigenvalue weighted by molar-refractivity contribution is 8.14. The molecule has 0 aliphatic carbocycles. The van der Waals surface area contributed by atoms with E-state index in [1.165, 1.54) is 51.7 Å². The van der Waals surface area contributed by atoms with Gasteiger partial charge in [-0.3, -0.25) is 4.79 Å². The summed E-state index contributed by atoms with van der Waals surface area (Å²) in [5.41, 5.74) is 4.24. The van der Waals surface area contributed by atoms with Crippen LogP contribution in [0, 0.1) is 0 Å². The fourth-order valence-electron chi connectivity index (χ4n) is 5.31. The van der Waals surface area contributed by atoms with Crippen LogP contribution in [0.2, 0.25) is 0 Å². The summed E-state index contributed by atoms with van der Waals surface area (Å²) >= 11 is 1.82. The molecular formula is C32H38N4OS. The van der Waals surface area contributed by atoms with Crippen LogP contribution in [0.4, 0.5) is 11.4 Å². The Morgan fingerprint density at radius 1 is 0.868 bits per heavy atom. The van der Waals surface area contributed by atoms with Gasteiger partial charge in [-0.25, -0.2) is 4.99 Å². The number of thioether (sulfide) groups is 1. The minimum Gasteiger partial charge on any atom is -0.352 e. The van der Waals surface area contributed by atoms with Gasteiger partial charge >= 0.3 is 0 Å². The third kappa shape index (κ3) is 7.06. The number of carbonyl (C=O) groups excluding carboxylic acids is 1. The maximum Gasteiger partial charge on any atom is 0.222 e. The van der Waals surface area contributed by atoms with Crippen LogP contribution < -0.4 is 10.2 Å². The number of amidine groups is 1. The molecule has 5 nitrogen and oxygen atoms in total. The second-order valence-corrected chi connectivity index (χ2v) is 11.2. The van der Waals surface area contributed by atoms with E-state index in [0.717, 1.165) is 33.4 Å². The minimum atomic E-state index is -0.112. The smallest absolute Gasteiger partial charge is 0.222 e. The van der Waals surface area contributed by atoms with E-state index in [1.807, 2.05) is 60.3 Å². The molecular weight excluding hydrogens is 488 g/mol. The Bertz CT molecular complexity index is 1190. The summed E-state index contributed by atoms with van der Waals surface area (Å²) in [6, 6.07) is 28.6. The van der Waals surface area contributed by atoms with E-state index in [2.05, 4.69) is 51.5 Å². The third-order valence-corrected chi connectivity index (χ3v) is 8.36. The van der Waals surface area contributed by atoms with Crippen molar-refractivity contribution in [3.8, 4) is 0 Å². The SMILES string of the molecule is O=C(CC1c2ccccc2N=C(SCCCCCN2CCCC2)N1c1ccccc1)NCc1ccccc1. The lowest BCUT2D eigenvalue weighted by molar-refractivity contribution is -0.121. The summed E-state index contributed by atoms with van der Waals surface area (Å²) in [6.45, 7) is 4.32. The van der Waals surface area contributed by atoms with Crippen LogP contribution in [-0.2, 0) is 11.3 Å². The first-order valence-electron chi connectivity index (χ1n) is 14.0. The lowest BCUT2D eigenvalue weighted by Gasteiger charge is -2.37. The Morgan fingerprint density at radius 2 is 1.58 bits per heavy atom. The molecule has 2 aliphatic heterocycles. The van der Waals surface area contributed by atoms with Crippen molar-refractivity contribution in [1.29, 1.82) is 0 Å². The lowest BCUT2D eigenvalue weighted by atomic mass is 9.98. The minimum absolute atomic E-state index is 0.0442. The topological polar surface area (TPSA) is 47.9 Å². The van der Waals surface area contributed by atoms with Gasteiger partial charge < -0.3 is 15.1 Å². The van der Waals surface area contributed by atoms with Crippen molar-refractivity contribution in [2.24, 2.45) is 4.99 Å². The van der Waals surface area contributed by atoms with Gasteiger partial charge in [-0.15, -0.1) is 0 Å². The number of nitrogens with one attached hydrogen (secondary N) is 1. The van der Waals surface area contributed by atoms with Gasteiger partial charge in [0.15, 0.2) is 5.17 Å². The standard InChI is InChI=1S/C32H38N4OS/c37-31(33-25-26-14-4-1-5-15-26)24-30-28-18-8-9-19-29(28)34-32(36(30)27-16-6-2-7-17-27)38-23-13-3-10-20-35-21-11-12-22-35/h1-2,4-9,14-19,30H,3,10-13,20-25H2,(H,33,37). The quantitative estimate of drug-likeness (QED) is 0.275. The van der Waals surface area contributed by atoms with Crippen LogP contribution in [0.5, 0.6) is 0 Å². The molecule has 5 rings (SSSR count). The van der Waals surface area contributed by atoms with Crippen LogP contribution in [0.1, 0.15) is 55.7 Å². The highest BCUT2D eigenvalue weighted by Gasteiger charge is 2.33. The van der Waals surface area contributed by atoms with E-state index >= 15 is 0 Å². The van der Waals surface area contributed by atoms with E-state index in [9.17, 15) is 4.79 Å². The van der Waals surface area contributed by atoms with Gasteiger partial charge in [0, 0.05) is 23.5 Å². The van der Waals surface area contributed by atoms with Gasteiger partial charge in [0.25, 0.3) is 0 Å². The Labute approximate surface area is 231 Å². The number of fused-ring (bicyclic) bond motifs is 1. The van der Waals surface area contributed by atoms with Gasteiger partial charge in [0.2, 0.25) is 5.91 Å². The number of benzene rings is 3. The van der Waals surface area contributed by atoms with E-state index in [-0.39, 0.29) is 11.9 Å². The average molecular weight is 527 g/mol. The number of aliphatic imine (C=N–C) groups is 1. The summed E-state index contributed by atoms with van der Waals surface area (Å²) in [5.74, 6) is 1.07. The molecule has 2 heterocycles. The Kier molecular flexibility index (Phi) is 9.51. The number of nitrogens with zero attached hydrogens (tertiary/aromatic N) is 3. The zero-order valence-corrected chi connectivity index (χ0v) is 22.9. The van der Waals surface area contributed by atoms with Crippen LogP contribution in [-0.4, -0.2) is 41.4 Å². The van der Waals surface area contributed by atoms with Crippen molar-refractivity contribution in [3.63, 3.8) is 0 Å². The molecule has 1 atom stereocenters. The molecule has 38 heavy (non-hydrogen) atoms. The molecule has 0 bridgehead atoms. The molecule has 2 aliphatic rings. The lowest BCUT2D eigenvalue weighted by Crippen LogP contribution is -2.39. The van der Waals surface area contributed by atoms with Crippen LogP contribution >= 0.6 is 11.8 Å². The summed E-state index contributed by atoms with van der Waals surface area (Å²) in [7, 11) is 0. The molecule has 1 fully saturated rings. The van der Waals surface area contributed by atoms with Crippen molar-refractivity contribution in [2.75, 3.05) is 30.3 Å². The number of likely N-dealkylation sites (tertiary alicyclic amines) is 1. The molecule has 1 N–H and O–H groups in total. The molecule has 198 valence electrons. The molecule has 1 amide bonds. The van der Waals surface area contributed by atoms with Crippen LogP contribution in [0.15, 0.2) is 89.9 Å². The van der Waals surface area contributed by atoms with E-state index in [0.29, 0.717) is 13.0 Å². The second kappa shape index (κ2) is 13.6. The first-order chi connectivity index (χ1) is 18.8. The van der Waals surface area contributed by atoms with Crippen molar-refractivity contribution < 1.29 is 4.79 Å². The van der Waals surface area contributed by atoms with Crippen molar-refractivity contribution in [1.82, 2.24) is 10.2 Å². The Hall–Kier alpha value is -3.09. The van der Waals surface area contributed by atoms with Crippen molar-refractivity contribution >= 4 is 34.2 Å². The van der Waals surface area contributed by atoms with Gasteiger partial charge in [-0.2, -0.15) is 0 Å². The number of para-hydroxylation sites is 2.